The number of carbonyl (C=O) groups excluding carboxylic acids is 1. The average molecular weight is 666 g/mol. The zero-order valence-corrected chi connectivity index (χ0v) is 29.6. The van der Waals surface area contributed by atoms with Crippen molar-refractivity contribution in [3.63, 3.8) is 0 Å². The maximum Gasteiger partial charge on any atom is 0.339 e. The number of sulfonamides is 1. The zero-order chi connectivity index (χ0) is 34.3. The van der Waals surface area contributed by atoms with E-state index in [9.17, 15) is 13.2 Å². The van der Waals surface area contributed by atoms with E-state index in [2.05, 4.69) is 30.5 Å². The van der Waals surface area contributed by atoms with Gasteiger partial charge in [-0.3, -0.25) is 4.31 Å². The Balaban J connectivity index is 1.51. The summed E-state index contributed by atoms with van der Waals surface area (Å²) in [5, 5.41) is 0. The highest BCUT2D eigenvalue weighted by molar-refractivity contribution is 7.92. The molecule has 0 aliphatic carbocycles. The number of nitrogens with zero attached hydrogens (tertiary/aromatic N) is 3. The molecule has 1 heterocycles. The number of ether oxygens (including phenoxy) is 1. The third-order valence-corrected chi connectivity index (χ3v) is 10.1. The van der Waals surface area contributed by atoms with Crippen molar-refractivity contribution in [1.29, 1.82) is 0 Å². The summed E-state index contributed by atoms with van der Waals surface area (Å²) in [5.74, 6) is 0.633. The van der Waals surface area contributed by atoms with Crippen LogP contribution in [0.1, 0.15) is 88.5 Å². The molecule has 5 aromatic rings. The fraction of sp³-hybridized carbons (Fsp3) is 0.350. The number of fused-ring (bicyclic) bond motifs is 1. The molecule has 7 nitrogen and oxygen atoms in total. The minimum Gasteiger partial charge on any atom is -0.456 e. The Morgan fingerprint density at radius 3 is 2.21 bits per heavy atom. The molecule has 0 radical (unpaired) electrons. The first-order chi connectivity index (χ1) is 23.0. The zero-order valence-electron chi connectivity index (χ0n) is 28.8. The fourth-order valence-electron chi connectivity index (χ4n) is 5.85. The van der Waals surface area contributed by atoms with Crippen LogP contribution in [0.3, 0.4) is 0 Å². The van der Waals surface area contributed by atoms with E-state index in [-0.39, 0.29) is 10.9 Å². The van der Waals surface area contributed by atoms with Crippen LogP contribution in [-0.4, -0.2) is 36.1 Å². The molecular weight excluding hydrogens is 619 g/mol. The SMILES string of the molecule is CCCCCN(c1ccc2nc(CCCC)n(Cc3ccc(-c4ccccc4C(=O)OC(C)(C)C)cc3)c2c1)S(=O)(=O)c1ccccc1. The van der Waals surface area contributed by atoms with E-state index in [1.165, 1.54) is 0 Å². The number of anilines is 1. The van der Waals surface area contributed by atoms with Gasteiger partial charge in [0, 0.05) is 19.5 Å². The molecule has 4 aromatic carbocycles. The first kappa shape index (κ1) is 34.9. The summed E-state index contributed by atoms with van der Waals surface area (Å²) in [6, 6.07) is 30.2. The number of unbranched alkanes of at least 4 members (excludes halogenated alkanes) is 3. The molecule has 0 atom stereocenters. The second kappa shape index (κ2) is 15.2. The third kappa shape index (κ3) is 8.16. The summed E-state index contributed by atoms with van der Waals surface area (Å²) in [6.07, 6.45) is 5.58. The predicted octanol–water partition coefficient (Wildman–Crippen LogP) is 9.44. The van der Waals surface area contributed by atoms with E-state index in [4.69, 9.17) is 9.72 Å². The Kier molecular flexibility index (Phi) is 11.0. The molecule has 0 N–H and O–H groups in total. The second-order valence-electron chi connectivity index (χ2n) is 13.2. The van der Waals surface area contributed by atoms with Crippen LogP contribution < -0.4 is 4.31 Å². The number of carbonyl (C=O) groups is 1. The van der Waals surface area contributed by atoms with Gasteiger partial charge in [-0.2, -0.15) is 0 Å². The Labute approximate surface area is 285 Å². The summed E-state index contributed by atoms with van der Waals surface area (Å²) in [4.78, 5) is 18.3. The van der Waals surface area contributed by atoms with Crippen LogP contribution in [0.25, 0.3) is 22.2 Å². The topological polar surface area (TPSA) is 81.5 Å². The van der Waals surface area contributed by atoms with Crippen molar-refractivity contribution >= 4 is 32.7 Å². The lowest BCUT2D eigenvalue weighted by atomic mass is 9.98. The Hall–Kier alpha value is -4.43. The molecule has 0 aliphatic rings. The lowest BCUT2D eigenvalue weighted by Crippen LogP contribution is -2.32. The molecule has 8 heteroatoms. The van der Waals surface area contributed by atoms with Crippen molar-refractivity contribution in [3.8, 4) is 11.1 Å². The van der Waals surface area contributed by atoms with E-state index in [1.807, 2.05) is 75.4 Å². The van der Waals surface area contributed by atoms with Gasteiger partial charge in [0.05, 0.1) is 27.2 Å². The molecule has 5 rings (SSSR count). The largest absolute Gasteiger partial charge is 0.456 e. The Morgan fingerprint density at radius 1 is 0.833 bits per heavy atom. The Morgan fingerprint density at radius 2 is 1.52 bits per heavy atom. The quantitative estimate of drug-likeness (QED) is 0.0872. The second-order valence-corrected chi connectivity index (χ2v) is 15.1. The van der Waals surface area contributed by atoms with Gasteiger partial charge in [0.2, 0.25) is 0 Å². The fourth-order valence-corrected chi connectivity index (χ4v) is 7.37. The smallest absolute Gasteiger partial charge is 0.339 e. The van der Waals surface area contributed by atoms with Crippen molar-refractivity contribution in [2.75, 3.05) is 10.8 Å². The molecule has 0 amide bonds. The van der Waals surface area contributed by atoms with E-state index in [0.29, 0.717) is 24.3 Å². The van der Waals surface area contributed by atoms with Gasteiger partial charge in [-0.15, -0.1) is 0 Å². The van der Waals surface area contributed by atoms with E-state index in [0.717, 1.165) is 72.1 Å². The summed E-state index contributed by atoms with van der Waals surface area (Å²) in [6.45, 7) is 10.9. The maximum absolute atomic E-state index is 13.9. The summed E-state index contributed by atoms with van der Waals surface area (Å²) in [7, 11) is -3.76. The average Bonchev–Trinajstić information content (AvgIpc) is 3.41. The van der Waals surface area contributed by atoms with Gasteiger partial charge in [0.25, 0.3) is 10.0 Å². The van der Waals surface area contributed by atoms with Gasteiger partial charge in [0.1, 0.15) is 11.4 Å². The molecular formula is C40H47N3O4S. The van der Waals surface area contributed by atoms with Crippen molar-refractivity contribution in [1.82, 2.24) is 9.55 Å². The number of hydrogen-bond donors (Lipinski definition) is 0. The summed E-state index contributed by atoms with van der Waals surface area (Å²) < 4.78 is 37.3. The molecule has 252 valence electrons. The van der Waals surface area contributed by atoms with Crippen LogP contribution in [-0.2, 0) is 27.7 Å². The van der Waals surface area contributed by atoms with Gasteiger partial charge in [-0.25, -0.2) is 18.2 Å². The number of esters is 1. The number of rotatable bonds is 14. The molecule has 0 aliphatic heterocycles. The monoisotopic (exact) mass is 665 g/mol. The van der Waals surface area contributed by atoms with Gasteiger partial charge in [-0.05, 0) is 86.7 Å². The van der Waals surface area contributed by atoms with Gasteiger partial charge >= 0.3 is 5.97 Å². The number of imidazole rings is 1. The Bertz CT molecular complexity index is 1940. The van der Waals surface area contributed by atoms with Crippen molar-refractivity contribution < 1.29 is 17.9 Å². The molecule has 0 unspecified atom stereocenters. The molecule has 0 saturated carbocycles. The summed E-state index contributed by atoms with van der Waals surface area (Å²) >= 11 is 0. The van der Waals surface area contributed by atoms with Crippen LogP contribution in [0.2, 0.25) is 0 Å². The summed E-state index contributed by atoms with van der Waals surface area (Å²) in [5.41, 5.74) is 5.16. The van der Waals surface area contributed by atoms with Gasteiger partial charge in [-0.1, -0.05) is 93.8 Å². The lowest BCUT2D eigenvalue weighted by Gasteiger charge is -2.25. The highest BCUT2D eigenvalue weighted by Gasteiger charge is 2.26. The molecule has 0 spiro atoms. The lowest BCUT2D eigenvalue weighted by molar-refractivity contribution is 0.00704. The van der Waals surface area contributed by atoms with E-state index >= 15 is 0 Å². The molecule has 0 saturated heterocycles. The molecule has 1 aromatic heterocycles. The van der Waals surface area contributed by atoms with Crippen LogP contribution in [0.4, 0.5) is 5.69 Å². The van der Waals surface area contributed by atoms with Crippen molar-refractivity contribution in [2.45, 2.75) is 90.2 Å². The first-order valence-corrected chi connectivity index (χ1v) is 18.4. The molecule has 0 bridgehead atoms. The number of aromatic nitrogens is 2. The van der Waals surface area contributed by atoms with Crippen LogP contribution in [0.5, 0.6) is 0 Å². The first-order valence-electron chi connectivity index (χ1n) is 17.0. The highest BCUT2D eigenvalue weighted by Crippen LogP contribution is 2.31. The minimum atomic E-state index is -3.76. The number of benzene rings is 4. The maximum atomic E-state index is 13.9. The highest BCUT2D eigenvalue weighted by atomic mass is 32.2. The van der Waals surface area contributed by atoms with Crippen LogP contribution in [0, 0.1) is 0 Å². The van der Waals surface area contributed by atoms with E-state index in [1.54, 1.807) is 34.6 Å². The predicted molar refractivity (Wildman–Crippen MR) is 195 cm³/mol. The normalized spacial score (nSPS) is 11.9. The van der Waals surface area contributed by atoms with Crippen molar-refractivity contribution in [3.05, 3.63) is 114 Å². The third-order valence-electron chi connectivity index (χ3n) is 8.30. The number of hydrogen-bond acceptors (Lipinski definition) is 5. The molecule has 0 fully saturated rings. The number of aryl methyl sites for hydroxylation is 1. The van der Waals surface area contributed by atoms with Crippen LogP contribution >= 0.6 is 0 Å². The van der Waals surface area contributed by atoms with Crippen LogP contribution in [0.15, 0.2) is 102 Å². The standard InChI is InChI=1S/C40H47N3O4S/c1-6-8-15-27-43(48(45,46)33-16-11-10-12-17-33)32-25-26-36-37(28-32)42(38(41-36)20-9-7-2)29-30-21-23-31(24-22-30)34-18-13-14-19-35(34)39(44)47-40(3,4)5/h10-14,16-19,21-26,28H,6-9,15,20,27,29H2,1-5H3. The molecule has 48 heavy (non-hydrogen) atoms. The van der Waals surface area contributed by atoms with Gasteiger partial charge in [0.15, 0.2) is 0 Å². The minimum absolute atomic E-state index is 0.284. The van der Waals surface area contributed by atoms with Crippen molar-refractivity contribution in [2.24, 2.45) is 0 Å². The van der Waals surface area contributed by atoms with E-state index < -0.39 is 15.6 Å². The van der Waals surface area contributed by atoms with Gasteiger partial charge < -0.3 is 9.30 Å².